The summed E-state index contributed by atoms with van der Waals surface area (Å²) in [5, 5.41) is 13.8. The van der Waals surface area contributed by atoms with Crippen LogP contribution in [0, 0.1) is 24.2 Å². The molecule has 0 aliphatic carbocycles. The number of alkyl carbamates (subject to hydrolysis) is 1. The van der Waals surface area contributed by atoms with E-state index in [1.54, 1.807) is 6.08 Å². The topological polar surface area (TPSA) is 94.1 Å². The van der Waals surface area contributed by atoms with Gasteiger partial charge in [-0.25, -0.2) is 9.59 Å². The Morgan fingerprint density at radius 3 is 2.83 bits per heavy atom. The predicted octanol–water partition coefficient (Wildman–Crippen LogP) is 5.74. The van der Waals surface area contributed by atoms with E-state index in [4.69, 9.17) is 20.6 Å². The minimum absolute atomic E-state index is 0.00770. The Morgan fingerprint density at radius 2 is 2.12 bits per heavy atom. The Labute approximate surface area is 239 Å². The van der Waals surface area contributed by atoms with Crippen molar-refractivity contribution in [1.29, 1.82) is 0 Å². The lowest BCUT2D eigenvalue weighted by atomic mass is 9.86. The quantitative estimate of drug-likeness (QED) is 0.106. The molecule has 0 saturated carbocycles. The van der Waals surface area contributed by atoms with Gasteiger partial charge in [0.25, 0.3) is 0 Å². The van der Waals surface area contributed by atoms with Gasteiger partial charge < -0.3 is 24.6 Å². The zero-order valence-corrected chi connectivity index (χ0v) is 24.4. The summed E-state index contributed by atoms with van der Waals surface area (Å²) < 4.78 is 16.6. The number of cyclic esters (lactones) is 1. The third kappa shape index (κ3) is 11.8. The van der Waals surface area contributed by atoms with Crippen LogP contribution >= 0.6 is 0 Å². The lowest BCUT2D eigenvalue weighted by Crippen LogP contribution is -2.53. The fourth-order valence-electron chi connectivity index (χ4n) is 4.80. The molecule has 0 aromatic heterocycles. The minimum Gasteiger partial charge on any atom is -0.455 e. The molecule has 7 heteroatoms. The molecule has 7 atom stereocenters. The van der Waals surface area contributed by atoms with E-state index in [1.165, 1.54) is 11.6 Å². The summed E-state index contributed by atoms with van der Waals surface area (Å²) in [6.45, 7) is 10.3. The molecule has 7 nitrogen and oxygen atoms in total. The normalized spacial score (nSPS) is 27.5. The maximum atomic E-state index is 12.2. The van der Waals surface area contributed by atoms with Gasteiger partial charge in [0, 0.05) is 30.9 Å². The number of ether oxygens (including phenoxy) is 3. The molecule has 1 amide bonds. The van der Waals surface area contributed by atoms with Crippen LogP contribution in [0.5, 0.6) is 0 Å². The lowest BCUT2D eigenvalue weighted by Gasteiger charge is -2.40. The number of aliphatic hydroxyl groups excluding tert-OH is 1. The van der Waals surface area contributed by atoms with E-state index in [2.05, 4.69) is 31.2 Å². The first-order valence-electron chi connectivity index (χ1n) is 14.0. The number of terminal acetylenes is 1. The van der Waals surface area contributed by atoms with Crippen molar-refractivity contribution in [3.05, 3.63) is 71.9 Å². The van der Waals surface area contributed by atoms with Crippen LogP contribution in [0.3, 0.4) is 0 Å². The Kier molecular flexibility index (Phi) is 14.3. The maximum absolute atomic E-state index is 12.2. The van der Waals surface area contributed by atoms with E-state index in [9.17, 15) is 14.7 Å². The largest absolute Gasteiger partial charge is 0.455 e. The molecule has 40 heavy (non-hydrogen) atoms. The Balaban J connectivity index is 1.92. The SMILES string of the molecule is C#CCCOC(=O)NC1C[C@@H]([C@H](O)/C=C/C=C(\C)C[C@@H](C)/C=C(C)\C=C\[C@H]2CC=CC(=O)O2)O[C@@H](/C=C/C)[C@H]1C. The molecule has 2 N–H and O–H groups in total. The van der Waals surface area contributed by atoms with E-state index >= 15 is 0 Å². The fourth-order valence-corrected chi connectivity index (χ4v) is 4.80. The smallest absolute Gasteiger partial charge is 0.407 e. The van der Waals surface area contributed by atoms with Crippen molar-refractivity contribution in [3.8, 4) is 12.3 Å². The number of hydrogen-bond donors (Lipinski definition) is 2. The minimum atomic E-state index is -0.834. The molecule has 0 aromatic carbocycles. The molecule has 1 unspecified atom stereocenters. The average molecular weight is 552 g/mol. The van der Waals surface area contributed by atoms with Crippen molar-refractivity contribution in [1.82, 2.24) is 5.32 Å². The van der Waals surface area contributed by atoms with Crippen molar-refractivity contribution >= 4 is 12.1 Å². The molecular weight excluding hydrogens is 506 g/mol. The van der Waals surface area contributed by atoms with Gasteiger partial charge in [-0.3, -0.25) is 0 Å². The predicted molar refractivity (Wildman–Crippen MR) is 158 cm³/mol. The van der Waals surface area contributed by atoms with E-state index in [1.807, 2.05) is 63.3 Å². The third-order valence-electron chi connectivity index (χ3n) is 6.86. The first kappa shape index (κ1) is 32.9. The number of aliphatic hydroxyl groups is 1. The van der Waals surface area contributed by atoms with E-state index < -0.39 is 18.3 Å². The van der Waals surface area contributed by atoms with Gasteiger partial charge in [-0.05, 0) is 45.6 Å². The van der Waals surface area contributed by atoms with Gasteiger partial charge in [0.15, 0.2) is 0 Å². The second kappa shape index (κ2) is 17.4. The number of amides is 1. The average Bonchev–Trinajstić information content (AvgIpc) is 2.89. The Morgan fingerprint density at radius 1 is 1.35 bits per heavy atom. The van der Waals surface area contributed by atoms with Crippen LogP contribution < -0.4 is 5.32 Å². The number of hydrogen-bond acceptors (Lipinski definition) is 6. The standard InChI is InChI=1S/C33H45NO6/c1-7-9-19-38-33(37)34-28-22-31(40-30(12-8-2)26(28)6)29(35)15-10-13-23(3)20-25(5)21-24(4)17-18-27-14-11-16-32(36)39-27/h1,8,10-13,15-18,21,25-31,35H,9,14,19-20,22H2,2-6H3,(H,34,37)/b12-8+,15-10+,18-17+,23-13+,24-21-/t25-,26+,27-,28?,29-,30+,31+/m1/s1. The summed E-state index contributed by atoms with van der Waals surface area (Å²) in [5.41, 5.74) is 2.29. The highest BCUT2D eigenvalue weighted by atomic mass is 16.6. The third-order valence-corrected chi connectivity index (χ3v) is 6.86. The first-order chi connectivity index (χ1) is 19.1. The number of nitrogens with one attached hydrogen (secondary N) is 1. The van der Waals surface area contributed by atoms with Gasteiger partial charge in [0.2, 0.25) is 0 Å². The maximum Gasteiger partial charge on any atom is 0.407 e. The van der Waals surface area contributed by atoms with Gasteiger partial charge in [0.05, 0.1) is 18.3 Å². The molecule has 2 rings (SSSR count). The number of rotatable bonds is 12. The lowest BCUT2D eigenvalue weighted by molar-refractivity contribution is -0.141. The second-order valence-electron chi connectivity index (χ2n) is 10.6. The van der Waals surface area contributed by atoms with Crippen LogP contribution in [0.15, 0.2) is 71.9 Å². The van der Waals surface area contributed by atoms with Gasteiger partial charge in [-0.15, -0.1) is 12.3 Å². The highest BCUT2D eigenvalue weighted by Crippen LogP contribution is 2.29. The van der Waals surface area contributed by atoms with E-state index in [-0.39, 0.29) is 36.7 Å². The molecule has 1 fully saturated rings. The van der Waals surface area contributed by atoms with Crippen LogP contribution in [-0.2, 0) is 19.0 Å². The first-order valence-corrected chi connectivity index (χ1v) is 14.0. The molecule has 0 radical (unpaired) electrons. The van der Waals surface area contributed by atoms with Crippen LogP contribution in [0.25, 0.3) is 0 Å². The van der Waals surface area contributed by atoms with Crippen LogP contribution in [-0.4, -0.2) is 54.2 Å². The fraction of sp³-hybridized carbons (Fsp3) is 0.515. The zero-order valence-electron chi connectivity index (χ0n) is 24.4. The van der Waals surface area contributed by atoms with Crippen molar-refractivity contribution < 1.29 is 28.9 Å². The molecule has 2 heterocycles. The van der Waals surface area contributed by atoms with Gasteiger partial charge in [-0.2, -0.15) is 0 Å². The number of esters is 1. The van der Waals surface area contributed by atoms with Gasteiger partial charge >= 0.3 is 12.1 Å². The van der Waals surface area contributed by atoms with Crippen molar-refractivity contribution in [2.75, 3.05) is 6.61 Å². The molecular formula is C33H45NO6. The van der Waals surface area contributed by atoms with Crippen LogP contribution in [0.2, 0.25) is 0 Å². The number of carbonyl (C=O) groups excluding carboxylic acids is 2. The molecule has 1 saturated heterocycles. The van der Waals surface area contributed by atoms with Crippen LogP contribution in [0.4, 0.5) is 4.79 Å². The summed E-state index contributed by atoms with van der Waals surface area (Å²) in [6.07, 6.45) is 24.2. The van der Waals surface area contributed by atoms with Crippen molar-refractivity contribution in [2.45, 2.75) is 90.8 Å². The number of carbonyl (C=O) groups is 2. The zero-order chi connectivity index (χ0) is 29.5. The van der Waals surface area contributed by atoms with E-state index in [0.717, 1.165) is 12.0 Å². The van der Waals surface area contributed by atoms with Gasteiger partial charge in [0.1, 0.15) is 12.7 Å². The summed E-state index contributed by atoms with van der Waals surface area (Å²) in [6, 6.07) is -0.217. The monoisotopic (exact) mass is 551 g/mol. The molecule has 218 valence electrons. The van der Waals surface area contributed by atoms with Crippen molar-refractivity contribution in [2.24, 2.45) is 11.8 Å². The Hall–Kier alpha value is -3.34. The summed E-state index contributed by atoms with van der Waals surface area (Å²) in [4.78, 5) is 23.6. The number of allylic oxidation sites excluding steroid dienone is 7. The summed E-state index contributed by atoms with van der Waals surface area (Å²) in [5.74, 6) is 2.46. The second-order valence-corrected chi connectivity index (χ2v) is 10.6. The highest BCUT2D eigenvalue weighted by Gasteiger charge is 2.38. The molecule has 2 aliphatic heterocycles. The van der Waals surface area contributed by atoms with Crippen LogP contribution in [0.1, 0.15) is 60.3 Å². The Bertz CT molecular complexity index is 1060. The van der Waals surface area contributed by atoms with Crippen molar-refractivity contribution in [3.63, 3.8) is 0 Å². The highest BCUT2D eigenvalue weighted by molar-refractivity contribution is 5.82. The molecule has 2 aliphatic rings. The molecule has 0 bridgehead atoms. The van der Waals surface area contributed by atoms with Gasteiger partial charge in [-0.1, -0.05) is 73.6 Å². The molecule has 0 spiro atoms. The van der Waals surface area contributed by atoms with E-state index in [0.29, 0.717) is 25.2 Å². The molecule has 0 aromatic rings. The summed E-state index contributed by atoms with van der Waals surface area (Å²) in [7, 11) is 0. The summed E-state index contributed by atoms with van der Waals surface area (Å²) >= 11 is 0.